The summed E-state index contributed by atoms with van der Waals surface area (Å²) in [6.07, 6.45) is 0. The molecule has 0 nitrogen and oxygen atoms in total. The average molecular weight is 371 g/mol. The summed E-state index contributed by atoms with van der Waals surface area (Å²) in [6.45, 7) is 18.6. The van der Waals surface area contributed by atoms with Crippen LogP contribution in [0.25, 0.3) is 32.3 Å². The molecule has 0 aliphatic heterocycles. The number of rotatable bonds is 4. The first kappa shape index (κ1) is 19.2. The van der Waals surface area contributed by atoms with Gasteiger partial charge < -0.3 is 0 Å². The van der Waals surface area contributed by atoms with E-state index in [1.54, 1.807) is 0 Å². The molecule has 4 aromatic carbocycles. The molecule has 0 radical (unpaired) electrons. The maximum Gasteiger partial charge on any atom is -0.00207 e. The summed E-state index contributed by atoms with van der Waals surface area (Å²) < 4.78 is 0. The molecule has 0 saturated carbocycles. The largest absolute Gasteiger partial charge is 0.0587 e. The van der Waals surface area contributed by atoms with Crippen molar-refractivity contribution in [3.63, 3.8) is 0 Å². The quantitative estimate of drug-likeness (QED) is 0.314. The van der Waals surface area contributed by atoms with Crippen LogP contribution in [0.5, 0.6) is 0 Å². The maximum atomic E-state index is 2.50. The predicted molar refractivity (Wildman–Crippen MR) is 127 cm³/mol. The fraction of sp³-hybridized carbons (Fsp3) is 0.429. The summed E-state index contributed by atoms with van der Waals surface area (Å²) in [4.78, 5) is 0. The Kier molecular flexibility index (Phi) is 4.65. The fourth-order valence-electron chi connectivity index (χ4n) is 5.02. The van der Waals surface area contributed by atoms with Crippen molar-refractivity contribution in [3.8, 4) is 0 Å². The van der Waals surface area contributed by atoms with Gasteiger partial charge in [-0.15, -0.1) is 0 Å². The Morgan fingerprint density at radius 3 is 1.25 bits per heavy atom. The first-order valence-corrected chi connectivity index (χ1v) is 11.0. The van der Waals surface area contributed by atoms with Gasteiger partial charge in [0.2, 0.25) is 0 Å². The second-order valence-electron chi connectivity index (χ2n) is 9.80. The van der Waals surface area contributed by atoms with Crippen molar-refractivity contribution in [2.75, 3.05) is 0 Å². The van der Waals surface area contributed by atoms with Crippen LogP contribution in [0.2, 0.25) is 0 Å². The minimum absolute atomic E-state index is 0.515. The smallest absolute Gasteiger partial charge is 0.00207 e. The minimum Gasteiger partial charge on any atom is -0.0587 e. The highest BCUT2D eigenvalue weighted by molar-refractivity contribution is 6.25. The Balaban J connectivity index is 2.35. The monoisotopic (exact) mass is 370 g/mol. The summed E-state index contributed by atoms with van der Waals surface area (Å²) in [5.41, 5.74) is 5.95. The molecule has 0 saturated heterocycles. The molecule has 0 N–H and O–H groups in total. The summed E-state index contributed by atoms with van der Waals surface area (Å²) in [6, 6.07) is 14.5. The first-order valence-electron chi connectivity index (χ1n) is 11.0. The fourth-order valence-corrected chi connectivity index (χ4v) is 5.02. The van der Waals surface area contributed by atoms with Crippen molar-refractivity contribution in [2.45, 2.75) is 79.1 Å². The maximum absolute atomic E-state index is 2.50. The zero-order valence-electron chi connectivity index (χ0n) is 18.8. The molecule has 4 rings (SSSR count). The van der Waals surface area contributed by atoms with E-state index in [1.165, 1.54) is 54.6 Å². The van der Waals surface area contributed by atoms with E-state index in [2.05, 4.69) is 91.8 Å². The van der Waals surface area contributed by atoms with E-state index < -0.39 is 0 Å². The van der Waals surface area contributed by atoms with Crippen LogP contribution < -0.4 is 0 Å². The molecule has 0 atom stereocenters. The Morgan fingerprint density at radius 2 is 0.750 bits per heavy atom. The molecule has 146 valence electrons. The summed E-state index contributed by atoms with van der Waals surface area (Å²) in [5.74, 6) is 2.09. The predicted octanol–water partition coefficient (Wildman–Crippen LogP) is 9.08. The van der Waals surface area contributed by atoms with Crippen molar-refractivity contribution in [1.29, 1.82) is 0 Å². The van der Waals surface area contributed by atoms with Crippen LogP contribution in [-0.2, 0) is 0 Å². The highest BCUT2D eigenvalue weighted by Gasteiger charge is 2.21. The Hall–Kier alpha value is -2.08. The van der Waals surface area contributed by atoms with Gasteiger partial charge >= 0.3 is 0 Å². The van der Waals surface area contributed by atoms with Crippen LogP contribution in [0.4, 0.5) is 0 Å². The van der Waals surface area contributed by atoms with Gasteiger partial charge in [0.05, 0.1) is 0 Å². The standard InChI is InChI=1S/C28H34/c1-15(2)19-9-10-21-24(17(5)6)14-26-25(18(7)8)13-23(16(3)4)22-12-11-20(19)27(21)28(22)26/h9-18H,1-8H3. The van der Waals surface area contributed by atoms with Gasteiger partial charge in [-0.05, 0) is 84.3 Å². The molecule has 0 aliphatic carbocycles. The van der Waals surface area contributed by atoms with Crippen LogP contribution in [-0.4, -0.2) is 0 Å². The lowest BCUT2D eigenvalue weighted by Crippen LogP contribution is -2.02. The van der Waals surface area contributed by atoms with Gasteiger partial charge in [0.1, 0.15) is 0 Å². The van der Waals surface area contributed by atoms with E-state index >= 15 is 0 Å². The molecule has 0 unspecified atom stereocenters. The van der Waals surface area contributed by atoms with E-state index in [4.69, 9.17) is 0 Å². The topological polar surface area (TPSA) is 0 Å². The van der Waals surface area contributed by atoms with Crippen molar-refractivity contribution in [2.24, 2.45) is 0 Å². The van der Waals surface area contributed by atoms with E-state index in [9.17, 15) is 0 Å². The lowest BCUT2D eigenvalue weighted by atomic mass is 9.80. The molecular weight excluding hydrogens is 336 g/mol. The molecule has 0 amide bonds. The Bertz CT molecular complexity index is 1130. The third-order valence-electron chi connectivity index (χ3n) is 6.52. The molecule has 28 heavy (non-hydrogen) atoms. The van der Waals surface area contributed by atoms with E-state index in [1.807, 2.05) is 0 Å². The van der Waals surface area contributed by atoms with E-state index in [-0.39, 0.29) is 0 Å². The van der Waals surface area contributed by atoms with Crippen LogP contribution in [0.3, 0.4) is 0 Å². The van der Waals surface area contributed by atoms with Crippen LogP contribution in [0.15, 0.2) is 36.4 Å². The highest BCUT2D eigenvalue weighted by Crippen LogP contribution is 2.45. The third-order valence-corrected chi connectivity index (χ3v) is 6.52. The summed E-state index contributed by atoms with van der Waals surface area (Å²) in [7, 11) is 0. The third kappa shape index (κ3) is 2.72. The molecule has 0 fully saturated rings. The number of hydrogen-bond donors (Lipinski definition) is 0. The second-order valence-corrected chi connectivity index (χ2v) is 9.80. The molecule has 0 spiro atoms. The molecular formula is C28H34. The van der Waals surface area contributed by atoms with Crippen molar-refractivity contribution in [1.82, 2.24) is 0 Å². The lowest BCUT2D eigenvalue weighted by Gasteiger charge is -2.24. The second kappa shape index (κ2) is 6.76. The first-order chi connectivity index (χ1) is 13.2. The Morgan fingerprint density at radius 1 is 0.393 bits per heavy atom. The van der Waals surface area contributed by atoms with Gasteiger partial charge in [-0.25, -0.2) is 0 Å². The van der Waals surface area contributed by atoms with Crippen LogP contribution >= 0.6 is 0 Å². The molecule has 0 heteroatoms. The molecule has 0 heterocycles. The lowest BCUT2D eigenvalue weighted by molar-refractivity contribution is 0.845. The summed E-state index contributed by atoms with van der Waals surface area (Å²) in [5, 5.41) is 8.80. The van der Waals surface area contributed by atoms with E-state index in [0.717, 1.165) is 0 Å². The van der Waals surface area contributed by atoms with Crippen molar-refractivity contribution in [3.05, 3.63) is 58.7 Å². The summed E-state index contributed by atoms with van der Waals surface area (Å²) >= 11 is 0. The van der Waals surface area contributed by atoms with Gasteiger partial charge in [0.25, 0.3) is 0 Å². The number of benzene rings is 4. The Labute approximate surface area is 170 Å². The van der Waals surface area contributed by atoms with Gasteiger partial charge in [-0.3, -0.25) is 0 Å². The van der Waals surface area contributed by atoms with Crippen molar-refractivity contribution < 1.29 is 0 Å². The molecule has 0 bridgehead atoms. The zero-order chi connectivity index (χ0) is 20.3. The highest BCUT2D eigenvalue weighted by atomic mass is 14.2. The van der Waals surface area contributed by atoms with E-state index in [0.29, 0.717) is 23.7 Å². The molecule has 4 aromatic rings. The van der Waals surface area contributed by atoms with Gasteiger partial charge in [0, 0.05) is 0 Å². The SMILES string of the molecule is CC(C)c1ccc2c(C(C)C)cc3c(C(C)C)cc(C(C)C)c4ccc1c2c43. The minimum atomic E-state index is 0.515. The van der Waals surface area contributed by atoms with Crippen molar-refractivity contribution >= 4 is 32.3 Å². The zero-order valence-corrected chi connectivity index (χ0v) is 18.8. The van der Waals surface area contributed by atoms with Gasteiger partial charge in [-0.1, -0.05) is 85.7 Å². The van der Waals surface area contributed by atoms with Crippen LogP contribution in [0.1, 0.15) is 101 Å². The molecule has 0 aliphatic rings. The average Bonchev–Trinajstić information content (AvgIpc) is 2.64. The van der Waals surface area contributed by atoms with Gasteiger partial charge in [-0.2, -0.15) is 0 Å². The van der Waals surface area contributed by atoms with Crippen LogP contribution in [0, 0.1) is 0 Å². The normalized spacial score (nSPS) is 12.9. The molecule has 0 aromatic heterocycles. The number of hydrogen-bond acceptors (Lipinski definition) is 0. The van der Waals surface area contributed by atoms with Gasteiger partial charge in [0.15, 0.2) is 0 Å².